The minimum Gasteiger partial charge on any atom is -0.497 e. The van der Waals surface area contributed by atoms with Gasteiger partial charge in [-0.05, 0) is 60.9 Å². The quantitative estimate of drug-likeness (QED) is 0.267. The molecule has 0 aliphatic rings. The third-order valence-corrected chi connectivity index (χ3v) is 7.68. The minimum absolute atomic E-state index is 0.0995. The lowest BCUT2D eigenvalue weighted by atomic mass is 10.1. The molecule has 1 N–H and O–H groups in total. The Bertz CT molecular complexity index is 1380. The van der Waals surface area contributed by atoms with Crippen LogP contribution in [0.1, 0.15) is 37.8 Å². The first kappa shape index (κ1) is 31.5. The van der Waals surface area contributed by atoms with Crippen molar-refractivity contribution in [3.05, 3.63) is 90.0 Å². The van der Waals surface area contributed by atoms with Gasteiger partial charge >= 0.3 is 0 Å². The molecule has 220 valence electrons. The molecule has 3 aromatic rings. The van der Waals surface area contributed by atoms with Crippen LogP contribution in [0.2, 0.25) is 0 Å². The summed E-state index contributed by atoms with van der Waals surface area (Å²) in [7, 11) is -2.29. The summed E-state index contributed by atoms with van der Waals surface area (Å²) in [5.41, 5.74) is 2.06. The van der Waals surface area contributed by atoms with E-state index in [9.17, 15) is 18.0 Å². The number of hydrogen-bond acceptors (Lipinski definition) is 6. The number of sulfonamides is 1. The Morgan fingerprint density at radius 1 is 0.927 bits per heavy atom. The summed E-state index contributed by atoms with van der Waals surface area (Å²) in [6, 6.07) is 22.6. The fraction of sp³-hybridized carbons (Fsp3) is 0.355. The van der Waals surface area contributed by atoms with Crippen LogP contribution in [0.5, 0.6) is 11.5 Å². The third-order valence-electron chi connectivity index (χ3n) is 6.54. The predicted octanol–water partition coefficient (Wildman–Crippen LogP) is 4.37. The van der Waals surface area contributed by atoms with Gasteiger partial charge in [0, 0.05) is 13.1 Å². The van der Waals surface area contributed by atoms with Crippen molar-refractivity contribution in [2.24, 2.45) is 0 Å². The topological polar surface area (TPSA) is 105 Å². The van der Waals surface area contributed by atoms with Crippen LogP contribution < -0.4 is 19.1 Å². The first-order valence-electron chi connectivity index (χ1n) is 13.6. The average Bonchev–Trinajstić information content (AvgIpc) is 2.97. The van der Waals surface area contributed by atoms with E-state index in [0.717, 1.165) is 34.5 Å². The van der Waals surface area contributed by atoms with E-state index in [-0.39, 0.29) is 12.5 Å². The molecule has 0 spiro atoms. The number of ether oxygens (including phenoxy) is 2. The predicted molar refractivity (Wildman–Crippen MR) is 160 cm³/mol. The van der Waals surface area contributed by atoms with Crippen LogP contribution in [0.25, 0.3) is 0 Å². The molecule has 0 aliphatic carbocycles. The number of rotatable bonds is 15. The summed E-state index contributed by atoms with van der Waals surface area (Å²) in [6.45, 7) is 4.15. The van der Waals surface area contributed by atoms with Gasteiger partial charge in [0.15, 0.2) is 0 Å². The van der Waals surface area contributed by atoms with Crippen molar-refractivity contribution < 1.29 is 27.5 Å². The lowest BCUT2D eigenvalue weighted by Gasteiger charge is -2.31. The highest BCUT2D eigenvalue weighted by Crippen LogP contribution is 2.23. The van der Waals surface area contributed by atoms with Crippen LogP contribution in [0, 0.1) is 0 Å². The zero-order valence-electron chi connectivity index (χ0n) is 24.1. The Hall–Kier alpha value is -4.05. The molecule has 0 bridgehead atoms. The van der Waals surface area contributed by atoms with Gasteiger partial charge in [0.05, 0.1) is 19.1 Å². The normalized spacial score (nSPS) is 11.8. The van der Waals surface area contributed by atoms with Gasteiger partial charge in [0.1, 0.15) is 30.7 Å². The maximum absolute atomic E-state index is 13.7. The third kappa shape index (κ3) is 9.53. The second-order valence-corrected chi connectivity index (χ2v) is 11.6. The smallest absolute Gasteiger partial charge is 0.244 e. The van der Waals surface area contributed by atoms with Crippen LogP contribution in [-0.4, -0.2) is 57.6 Å². The Morgan fingerprint density at radius 3 is 2.24 bits per heavy atom. The number of carbonyl (C=O) groups is 2. The molecule has 9 nitrogen and oxygen atoms in total. The Balaban J connectivity index is 1.81. The molecular weight excluding hydrogens is 542 g/mol. The standard InChI is InChI=1S/C31H39N3O6S/c1-5-6-19-32-31(36)24(2)33(21-26-13-10-14-29(20-26)39-3)30(35)22-34(41(4,37)38)27-15-17-28(18-16-27)40-23-25-11-8-7-9-12-25/h7-18,20,24H,5-6,19,21-23H2,1-4H3,(H,32,36)/t24-/m1/s1. The molecule has 0 fully saturated rings. The molecule has 3 aromatic carbocycles. The van der Waals surface area contributed by atoms with Gasteiger partial charge in [-0.25, -0.2) is 8.42 Å². The van der Waals surface area contributed by atoms with E-state index < -0.39 is 28.5 Å². The number of nitrogens with one attached hydrogen (secondary N) is 1. The van der Waals surface area contributed by atoms with E-state index in [1.807, 2.05) is 43.3 Å². The van der Waals surface area contributed by atoms with Crippen LogP contribution in [0.4, 0.5) is 5.69 Å². The van der Waals surface area contributed by atoms with E-state index in [2.05, 4.69) is 5.32 Å². The maximum Gasteiger partial charge on any atom is 0.244 e. The second kappa shape index (κ2) is 15.1. The molecule has 0 saturated carbocycles. The number of anilines is 1. The van der Waals surface area contributed by atoms with Gasteiger partial charge in [0.2, 0.25) is 21.8 Å². The molecule has 0 heterocycles. The number of benzene rings is 3. The molecule has 1 atom stereocenters. The van der Waals surface area contributed by atoms with Crippen molar-refractivity contribution in [3.63, 3.8) is 0 Å². The molecule has 0 aromatic heterocycles. The number of carbonyl (C=O) groups excluding carboxylic acids is 2. The van der Waals surface area contributed by atoms with Crippen molar-refractivity contribution >= 4 is 27.5 Å². The molecule has 0 saturated heterocycles. The second-order valence-electron chi connectivity index (χ2n) is 9.73. The highest BCUT2D eigenvalue weighted by atomic mass is 32.2. The summed E-state index contributed by atoms with van der Waals surface area (Å²) in [6.07, 6.45) is 2.78. The molecule has 10 heteroatoms. The van der Waals surface area contributed by atoms with Crippen molar-refractivity contribution in [2.75, 3.05) is 30.8 Å². The molecule has 41 heavy (non-hydrogen) atoms. The fourth-order valence-corrected chi connectivity index (χ4v) is 5.00. The summed E-state index contributed by atoms with van der Waals surface area (Å²) < 4.78 is 37.8. The summed E-state index contributed by atoms with van der Waals surface area (Å²) in [4.78, 5) is 28.1. The van der Waals surface area contributed by atoms with Crippen LogP contribution in [-0.2, 0) is 32.8 Å². The Labute approximate surface area is 243 Å². The highest BCUT2D eigenvalue weighted by molar-refractivity contribution is 7.92. The SMILES string of the molecule is CCCCNC(=O)[C@@H](C)N(Cc1cccc(OC)c1)C(=O)CN(c1ccc(OCc2ccccc2)cc1)S(C)(=O)=O. The summed E-state index contributed by atoms with van der Waals surface area (Å²) in [5, 5.41) is 2.87. The lowest BCUT2D eigenvalue weighted by molar-refractivity contribution is -0.139. The van der Waals surface area contributed by atoms with Crippen molar-refractivity contribution in [3.8, 4) is 11.5 Å². The number of amides is 2. The van der Waals surface area contributed by atoms with E-state index in [1.54, 1.807) is 56.5 Å². The summed E-state index contributed by atoms with van der Waals surface area (Å²) in [5.74, 6) is 0.359. The fourth-order valence-electron chi connectivity index (χ4n) is 4.15. The molecule has 0 radical (unpaired) electrons. The first-order chi connectivity index (χ1) is 19.6. The zero-order chi connectivity index (χ0) is 29.8. The molecule has 0 aliphatic heterocycles. The van der Waals surface area contributed by atoms with E-state index >= 15 is 0 Å². The van der Waals surface area contributed by atoms with Crippen LogP contribution >= 0.6 is 0 Å². The molecular formula is C31H39N3O6S. The summed E-state index contributed by atoms with van der Waals surface area (Å²) >= 11 is 0. The average molecular weight is 582 g/mol. The van der Waals surface area contributed by atoms with Crippen LogP contribution in [0.3, 0.4) is 0 Å². The Morgan fingerprint density at radius 2 is 1.61 bits per heavy atom. The van der Waals surface area contributed by atoms with Crippen molar-refractivity contribution in [1.82, 2.24) is 10.2 Å². The molecule has 0 unspecified atom stereocenters. The van der Waals surface area contributed by atoms with E-state index in [0.29, 0.717) is 30.3 Å². The highest BCUT2D eigenvalue weighted by Gasteiger charge is 2.30. The first-order valence-corrected chi connectivity index (χ1v) is 15.4. The van der Waals surface area contributed by atoms with Crippen molar-refractivity contribution in [2.45, 2.75) is 45.9 Å². The van der Waals surface area contributed by atoms with Gasteiger partial charge < -0.3 is 19.7 Å². The monoisotopic (exact) mass is 581 g/mol. The van der Waals surface area contributed by atoms with Gasteiger partial charge in [-0.1, -0.05) is 55.8 Å². The van der Waals surface area contributed by atoms with Crippen molar-refractivity contribution in [1.29, 1.82) is 0 Å². The number of nitrogens with zero attached hydrogens (tertiary/aromatic N) is 2. The van der Waals surface area contributed by atoms with E-state index in [1.165, 1.54) is 4.90 Å². The number of hydrogen-bond donors (Lipinski definition) is 1. The van der Waals surface area contributed by atoms with Gasteiger partial charge in [0.25, 0.3) is 0 Å². The lowest BCUT2D eigenvalue weighted by Crippen LogP contribution is -2.51. The minimum atomic E-state index is -3.84. The van der Waals surface area contributed by atoms with Gasteiger partial charge in [-0.3, -0.25) is 13.9 Å². The Kier molecular flexibility index (Phi) is 11.6. The zero-order valence-corrected chi connectivity index (χ0v) is 24.9. The van der Waals surface area contributed by atoms with Gasteiger partial charge in [-0.15, -0.1) is 0 Å². The molecule has 3 rings (SSSR count). The maximum atomic E-state index is 13.7. The van der Waals surface area contributed by atoms with Gasteiger partial charge in [-0.2, -0.15) is 0 Å². The largest absolute Gasteiger partial charge is 0.497 e. The number of unbranched alkanes of at least 4 members (excludes halogenated alkanes) is 1. The number of methoxy groups -OCH3 is 1. The van der Waals surface area contributed by atoms with E-state index in [4.69, 9.17) is 9.47 Å². The molecule has 2 amide bonds. The van der Waals surface area contributed by atoms with Crippen LogP contribution in [0.15, 0.2) is 78.9 Å².